The van der Waals surface area contributed by atoms with Crippen LogP contribution in [0.4, 0.5) is 5.13 Å². The van der Waals surface area contributed by atoms with Crippen molar-refractivity contribution in [2.75, 3.05) is 31.1 Å². The molecular formula is C11H18ClN3S. The molecule has 0 radical (unpaired) electrons. The Kier molecular flexibility index (Phi) is 3.42. The van der Waals surface area contributed by atoms with Gasteiger partial charge in [-0.2, -0.15) is 0 Å². The number of hydrogen-bond donors (Lipinski definition) is 0. The first-order valence-corrected chi connectivity index (χ1v) is 6.83. The summed E-state index contributed by atoms with van der Waals surface area (Å²) in [6, 6.07) is 0. The van der Waals surface area contributed by atoms with Crippen LogP contribution in [0.25, 0.3) is 0 Å². The highest BCUT2D eigenvalue weighted by atomic mass is 35.5. The molecule has 0 N–H and O–H groups in total. The van der Waals surface area contributed by atoms with Gasteiger partial charge >= 0.3 is 0 Å². The first kappa shape index (κ1) is 12.1. The van der Waals surface area contributed by atoms with Crippen LogP contribution in [0, 0.1) is 0 Å². The van der Waals surface area contributed by atoms with Gasteiger partial charge in [-0.15, -0.1) is 11.3 Å². The summed E-state index contributed by atoms with van der Waals surface area (Å²) in [5.41, 5.74) is 0.270. The SMILES string of the molecule is CC(C)(C)N1CCN(c2nc(Cl)cs2)CC1. The van der Waals surface area contributed by atoms with Crippen molar-refractivity contribution in [1.82, 2.24) is 9.88 Å². The minimum absolute atomic E-state index is 0.270. The van der Waals surface area contributed by atoms with Crippen LogP contribution in [0.15, 0.2) is 5.38 Å². The minimum atomic E-state index is 0.270. The standard InChI is InChI=1S/C11H18ClN3S/c1-11(2,3)15-6-4-14(5-7-15)10-13-9(12)8-16-10/h8H,4-7H2,1-3H3. The Morgan fingerprint density at radius 1 is 1.25 bits per heavy atom. The van der Waals surface area contributed by atoms with Gasteiger partial charge in [-0.1, -0.05) is 11.6 Å². The highest BCUT2D eigenvalue weighted by Gasteiger charge is 2.26. The molecule has 1 aliphatic rings. The zero-order valence-corrected chi connectivity index (χ0v) is 11.6. The van der Waals surface area contributed by atoms with Crippen LogP contribution in [-0.4, -0.2) is 41.6 Å². The topological polar surface area (TPSA) is 19.4 Å². The van der Waals surface area contributed by atoms with E-state index in [9.17, 15) is 0 Å². The first-order chi connectivity index (χ1) is 7.47. The Bertz CT molecular complexity index is 350. The lowest BCUT2D eigenvalue weighted by atomic mass is 10.1. The summed E-state index contributed by atoms with van der Waals surface area (Å²) in [6.07, 6.45) is 0. The molecule has 1 aliphatic heterocycles. The van der Waals surface area contributed by atoms with Crippen molar-refractivity contribution in [3.8, 4) is 0 Å². The second-order valence-electron chi connectivity index (χ2n) is 5.10. The van der Waals surface area contributed by atoms with Crippen LogP contribution in [0.5, 0.6) is 0 Å². The molecule has 0 unspecified atom stereocenters. The van der Waals surface area contributed by atoms with E-state index in [2.05, 4.69) is 35.6 Å². The Morgan fingerprint density at radius 2 is 1.88 bits per heavy atom. The van der Waals surface area contributed by atoms with E-state index in [1.54, 1.807) is 11.3 Å². The highest BCUT2D eigenvalue weighted by Crippen LogP contribution is 2.25. The lowest BCUT2D eigenvalue weighted by Crippen LogP contribution is -2.53. The van der Waals surface area contributed by atoms with Gasteiger partial charge in [-0.05, 0) is 20.8 Å². The van der Waals surface area contributed by atoms with Gasteiger partial charge in [0.25, 0.3) is 0 Å². The zero-order valence-electron chi connectivity index (χ0n) is 10.0. The van der Waals surface area contributed by atoms with E-state index in [4.69, 9.17) is 11.6 Å². The van der Waals surface area contributed by atoms with Gasteiger partial charge in [-0.3, -0.25) is 4.90 Å². The Hall–Kier alpha value is -0.320. The molecule has 3 nitrogen and oxygen atoms in total. The molecule has 0 aromatic carbocycles. The van der Waals surface area contributed by atoms with E-state index in [0.717, 1.165) is 31.3 Å². The van der Waals surface area contributed by atoms with Crippen LogP contribution < -0.4 is 4.90 Å². The number of hydrogen-bond acceptors (Lipinski definition) is 4. The van der Waals surface area contributed by atoms with Gasteiger partial charge in [0.1, 0.15) is 5.15 Å². The normalized spacial score (nSPS) is 19.1. The smallest absolute Gasteiger partial charge is 0.186 e. The van der Waals surface area contributed by atoms with E-state index in [1.807, 2.05) is 5.38 Å². The molecule has 0 amide bonds. The average Bonchev–Trinajstić information content (AvgIpc) is 2.64. The number of halogens is 1. The van der Waals surface area contributed by atoms with E-state index < -0.39 is 0 Å². The number of anilines is 1. The molecule has 1 aromatic rings. The second-order valence-corrected chi connectivity index (χ2v) is 6.32. The molecule has 16 heavy (non-hydrogen) atoms. The van der Waals surface area contributed by atoms with Crippen LogP contribution in [-0.2, 0) is 0 Å². The Balaban J connectivity index is 1.95. The summed E-state index contributed by atoms with van der Waals surface area (Å²) in [5.74, 6) is 0. The molecule has 2 rings (SSSR count). The Morgan fingerprint density at radius 3 is 2.31 bits per heavy atom. The molecule has 2 heterocycles. The quantitative estimate of drug-likeness (QED) is 0.773. The fourth-order valence-electron chi connectivity index (χ4n) is 1.96. The second kappa shape index (κ2) is 4.51. The summed E-state index contributed by atoms with van der Waals surface area (Å²) >= 11 is 7.47. The Labute approximate surface area is 106 Å². The van der Waals surface area contributed by atoms with E-state index in [-0.39, 0.29) is 5.54 Å². The molecule has 90 valence electrons. The van der Waals surface area contributed by atoms with Crippen molar-refractivity contribution in [3.05, 3.63) is 10.5 Å². The number of nitrogens with zero attached hydrogens (tertiary/aromatic N) is 3. The molecule has 1 saturated heterocycles. The van der Waals surface area contributed by atoms with Gasteiger partial charge in [0.2, 0.25) is 0 Å². The predicted octanol–water partition coefficient (Wildman–Crippen LogP) is 2.72. The molecule has 0 saturated carbocycles. The van der Waals surface area contributed by atoms with Crippen molar-refractivity contribution in [1.29, 1.82) is 0 Å². The average molecular weight is 260 g/mol. The van der Waals surface area contributed by atoms with Crippen LogP contribution in [0.1, 0.15) is 20.8 Å². The molecule has 1 fully saturated rings. The molecule has 0 spiro atoms. The van der Waals surface area contributed by atoms with Gasteiger partial charge in [0.15, 0.2) is 5.13 Å². The lowest BCUT2D eigenvalue weighted by molar-refractivity contribution is 0.128. The van der Waals surface area contributed by atoms with E-state index in [1.165, 1.54) is 0 Å². The van der Waals surface area contributed by atoms with E-state index in [0.29, 0.717) is 5.15 Å². The molecule has 5 heteroatoms. The van der Waals surface area contributed by atoms with Crippen LogP contribution in [0.2, 0.25) is 5.15 Å². The summed E-state index contributed by atoms with van der Waals surface area (Å²) in [6.45, 7) is 11.1. The largest absolute Gasteiger partial charge is 0.345 e. The fourth-order valence-corrected chi connectivity index (χ4v) is 2.96. The van der Waals surface area contributed by atoms with Crippen molar-refractivity contribution >= 4 is 28.1 Å². The zero-order chi connectivity index (χ0) is 11.8. The third-order valence-electron chi connectivity index (χ3n) is 2.96. The van der Waals surface area contributed by atoms with Crippen molar-refractivity contribution < 1.29 is 0 Å². The van der Waals surface area contributed by atoms with E-state index >= 15 is 0 Å². The maximum atomic E-state index is 5.84. The van der Waals surface area contributed by atoms with Crippen LogP contribution >= 0.6 is 22.9 Å². The molecule has 0 atom stereocenters. The molecule has 0 aliphatic carbocycles. The van der Waals surface area contributed by atoms with Gasteiger partial charge in [-0.25, -0.2) is 4.98 Å². The van der Waals surface area contributed by atoms with Gasteiger partial charge in [0.05, 0.1) is 0 Å². The number of piperazine rings is 1. The third kappa shape index (κ3) is 2.67. The summed E-state index contributed by atoms with van der Waals surface area (Å²) < 4.78 is 0. The third-order valence-corrected chi connectivity index (χ3v) is 4.19. The summed E-state index contributed by atoms with van der Waals surface area (Å²) in [7, 11) is 0. The fraction of sp³-hybridized carbons (Fsp3) is 0.727. The first-order valence-electron chi connectivity index (χ1n) is 5.58. The van der Waals surface area contributed by atoms with Crippen molar-refractivity contribution in [2.45, 2.75) is 26.3 Å². The van der Waals surface area contributed by atoms with Crippen LogP contribution in [0.3, 0.4) is 0 Å². The summed E-state index contributed by atoms with van der Waals surface area (Å²) in [5, 5.41) is 3.56. The monoisotopic (exact) mass is 259 g/mol. The minimum Gasteiger partial charge on any atom is -0.345 e. The number of thiazole rings is 1. The maximum absolute atomic E-state index is 5.84. The number of rotatable bonds is 1. The van der Waals surface area contributed by atoms with Gasteiger partial charge < -0.3 is 4.90 Å². The molecular weight excluding hydrogens is 242 g/mol. The van der Waals surface area contributed by atoms with Crippen molar-refractivity contribution in [3.63, 3.8) is 0 Å². The number of aromatic nitrogens is 1. The highest BCUT2D eigenvalue weighted by molar-refractivity contribution is 7.14. The maximum Gasteiger partial charge on any atom is 0.186 e. The predicted molar refractivity (Wildman–Crippen MR) is 70.7 cm³/mol. The van der Waals surface area contributed by atoms with Crippen molar-refractivity contribution in [2.24, 2.45) is 0 Å². The summed E-state index contributed by atoms with van der Waals surface area (Å²) in [4.78, 5) is 9.14. The molecule has 0 bridgehead atoms. The van der Waals surface area contributed by atoms with Gasteiger partial charge in [0, 0.05) is 37.1 Å². The molecule has 1 aromatic heterocycles. The lowest BCUT2D eigenvalue weighted by Gasteiger charge is -2.42.